The van der Waals surface area contributed by atoms with Gasteiger partial charge < -0.3 is 14.6 Å². The molecule has 1 amide bonds. The van der Waals surface area contributed by atoms with Crippen molar-refractivity contribution in [2.24, 2.45) is 7.05 Å². The van der Waals surface area contributed by atoms with Crippen molar-refractivity contribution in [2.45, 2.75) is 13.1 Å². The number of aromatic nitrogens is 3. The van der Waals surface area contributed by atoms with Crippen LogP contribution in [0.3, 0.4) is 0 Å². The van der Waals surface area contributed by atoms with E-state index in [0.717, 1.165) is 11.1 Å². The van der Waals surface area contributed by atoms with Gasteiger partial charge in [-0.2, -0.15) is 0 Å². The molecule has 36 heavy (non-hydrogen) atoms. The van der Waals surface area contributed by atoms with Gasteiger partial charge in [-0.05, 0) is 42.0 Å². The number of nitrogens with zero attached hydrogens (tertiary/aromatic N) is 3. The predicted octanol–water partition coefficient (Wildman–Crippen LogP) is 4.00. The van der Waals surface area contributed by atoms with Crippen molar-refractivity contribution in [1.82, 2.24) is 13.7 Å². The van der Waals surface area contributed by atoms with Crippen LogP contribution in [0.4, 0.5) is 5.69 Å². The Morgan fingerprint density at radius 3 is 2.44 bits per heavy atom. The number of carbonyl (C=O) groups is 1. The molecule has 2 heterocycles. The van der Waals surface area contributed by atoms with E-state index < -0.39 is 17.2 Å². The van der Waals surface area contributed by atoms with E-state index in [9.17, 15) is 14.4 Å². The van der Waals surface area contributed by atoms with Crippen LogP contribution in [-0.4, -0.2) is 26.7 Å². The molecule has 3 aromatic carbocycles. The number of halogens is 1. The molecular weight excluding hydrogens is 480 g/mol. The van der Waals surface area contributed by atoms with Crippen molar-refractivity contribution in [2.75, 3.05) is 12.4 Å². The van der Waals surface area contributed by atoms with Gasteiger partial charge in [0.2, 0.25) is 5.91 Å². The highest BCUT2D eigenvalue weighted by Crippen LogP contribution is 2.29. The lowest BCUT2D eigenvalue weighted by Crippen LogP contribution is -2.42. The van der Waals surface area contributed by atoms with Crippen molar-refractivity contribution < 1.29 is 9.53 Å². The number of hydrogen-bond acceptors (Lipinski definition) is 4. The van der Waals surface area contributed by atoms with Gasteiger partial charge in [0.15, 0.2) is 0 Å². The number of amides is 1. The van der Waals surface area contributed by atoms with E-state index in [1.54, 1.807) is 55.1 Å². The summed E-state index contributed by atoms with van der Waals surface area (Å²) in [5.41, 5.74) is 1.75. The minimum atomic E-state index is -0.576. The number of ether oxygens (including phenoxy) is 1. The fourth-order valence-electron chi connectivity index (χ4n) is 4.47. The molecule has 0 fully saturated rings. The van der Waals surface area contributed by atoms with Gasteiger partial charge in [-0.25, -0.2) is 4.79 Å². The van der Waals surface area contributed by atoms with E-state index in [1.807, 2.05) is 36.4 Å². The molecule has 9 heteroatoms. The molecule has 2 aromatic heterocycles. The average molecular weight is 503 g/mol. The number of fused-ring (bicyclic) bond motifs is 3. The van der Waals surface area contributed by atoms with Gasteiger partial charge in [-0.1, -0.05) is 48.0 Å². The fourth-order valence-corrected chi connectivity index (χ4v) is 4.66. The molecule has 0 spiro atoms. The Morgan fingerprint density at radius 2 is 1.72 bits per heavy atom. The number of nitrogens with one attached hydrogen (secondary N) is 1. The lowest BCUT2D eigenvalue weighted by Gasteiger charge is -2.14. The van der Waals surface area contributed by atoms with E-state index in [1.165, 1.54) is 9.13 Å². The van der Waals surface area contributed by atoms with Crippen LogP contribution < -0.4 is 21.3 Å². The number of hydrogen-bond donors (Lipinski definition) is 1. The van der Waals surface area contributed by atoms with Gasteiger partial charge in [0.1, 0.15) is 17.8 Å². The summed E-state index contributed by atoms with van der Waals surface area (Å²) in [4.78, 5) is 40.5. The first-order valence-corrected chi connectivity index (χ1v) is 11.6. The van der Waals surface area contributed by atoms with E-state index >= 15 is 0 Å². The number of aryl methyl sites for hydroxylation is 1. The molecule has 0 aliphatic carbocycles. The van der Waals surface area contributed by atoms with E-state index in [2.05, 4.69) is 5.32 Å². The highest BCUT2D eigenvalue weighted by atomic mass is 35.5. The third-order valence-corrected chi connectivity index (χ3v) is 6.39. The lowest BCUT2D eigenvalue weighted by atomic mass is 10.2. The Bertz CT molecular complexity index is 1730. The molecule has 0 aliphatic rings. The maximum atomic E-state index is 13.7. The highest BCUT2D eigenvalue weighted by molar-refractivity contribution is 6.30. The molecule has 8 nitrogen and oxygen atoms in total. The van der Waals surface area contributed by atoms with Crippen molar-refractivity contribution in [1.29, 1.82) is 0 Å². The normalized spacial score (nSPS) is 11.2. The van der Waals surface area contributed by atoms with Gasteiger partial charge in [-0.15, -0.1) is 0 Å². The summed E-state index contributed by atoms with van der Waals surface area (Å²) in [6.07, 6.45) is 0. The van der Waals surface area contributed by atoms with Crippen LogP contribution in [0, 0.1) is 0 Å². The lowest BCUT2D eigenvalue weighted by molar-refractivity contribution is -0.116. The van der Waals surface area contributed by atoms with Crippen LogP contribution in [0.2, 0.25) is 5.02 Å². The third-order valence-electron chi connectivity index (χ3n) is 6.15. The van der Waals surface area contributed by atoms with E-state index in [4.69, 9.17) is 16.3 Å². The molecule has 0 unspecified atom stereocenters. The number of benzene rings is 3. The molecular formula is C27H23ClN4O4. The summed E-state index contributed by atoms with van der Waals surface area (Å²) in [6.45, 7) is -0.220. The quantitative estimate of drug-likeness (QED) is 0.380. The summed E-state index contributed by atoms with van der Waals surface area (Å²) >= 11 is 6.04. The summed E-state index contributed by atoms with van der Waals surface area (Å²) < 4.78 is 9.65. The second kappa shape index (κ2) is 9.39. The molecule has 0 saturated carbocycles. The minimum absolute atomic E-state index is 0.0786. The highest BCUT2D eigenvalue weighted by Gasteiger charge is 2.22. The molecule has 1 N–H and O–H groups in total. The third kappa shape index (κ3) is 4.16. The molecule has 0 bridgehead atoms. The smallest absolute Gasteiger partial charge is 0.332 e. The zero-order valence-electron chi connectivity index (χ0n) is 19.7. The van der Waals surface area contributed by atoms with Crippen LogP contribution >= 0.6 is 11.6 Å². The van der Waals surface area contributed by atoms with Crippen LogP contribution in [-0.2, 0) is 24.9 Å². The second-order valence-corrected chi connectivity index (χ2v) is 8.88. The van der Waals surface area contributed by atoms with Gasteiger partial charge in [0, 0.05) is 23.1 Å². The van der Waals surface area contributed by atoms with Crippen LogP contribution in [0.15, 0.2) is 82.4 Å². The first kappa shape index (κ1) is 23.4. The average Bonchev–Trinajstić information content (AvgIpc) is 3.16. The maximum absolute atomic E-state index is 13.7. The molecule has 0 aliphatic heterocycles. The Hall–Kier alpha value is -4.30. The number of anilines is 1. The molecule has 0 saturated heterocycles. The van der Waals surface area contributed by atoms with Crippen molar-refractivity contribution >= 4 is 45.1 Å². The Balaban J connectivity index is 1.73. The zero-order chi connectivity index (χ0) is 25.4. The molecule has 0 radical (unpaired) electrons. The summed E-state index contributed by atoms with van der Waals surface area (Å²) in [5.74, 6) is 0.149. The topological polar surface area (TPSA) is 87.3 Å². The van der Waals surface area contributed by atoms with E-state index in [-0.39, 0.29) is 13.1 Å². The monoisotopic (exact) mass is 502 g/mol. The standard InChI is InChI=1S/C27H23ClN4O4/c1-30-22-12-11-20(36-2)14-21(22)24-25(30)26(34)32(15-17-7-4-3-5-8-17)27(35)31(24)16-23(33)29-19-10-6-9-18(28)13-19/h3-14H,15-16H2,1-2H3,(H,29,33). The fraction of sp³-hybridized carbons (Fsp3) is 0.148. The zero-order valence-corrected chi connectivity index (χ0v) is 20.5. The molecule has 182 valence electrons. The minimum Gasteiger partial charge on any atom is -0.497 e. The summed E-state index contributed by atoms with van der Waals surface area (Å²) in [7, 11) is 3.32. The van der Waals surface area contributed by atoms with Gasteiger partial charge >= 0.3 is 5.69 Å². The Morgan fingerprint density at radius 1 is 0.944 bits per heavy atom. The summed E-state index contributed by atoms with van der Waals surface area (Å²) in [6, 6.07) is 21.4. The number of rotatable bonds is 6. The first-order valence-electron chi connectivity index (χ1n) is 11.3. The van der Waals surface area contributed by atoms with E-state index in [0.29, 0.717) is 32.9 Å². The van der Waals surface area contributed by atoms with Gasteiger partial charge in [0.25, 0.3) is 5.56 Å². The Labute approximate surface area is 210 Å². The molecule has 5 rings (SSSR count). The largest absolute Gasteiger partial charge is 0.497 e. The molecule has 5 aromatic rings. The van der Waals surface area contributed by atoms with Crippen LogP contribution in [0.25, 0.3) is 21.9 Å². The van der Waals surface area contributed by atoms with Crippen molar-refractivity contribution in [3.05, 3.63) is 104 Å². The number of methoxy groups -OCH3 is 1. The summed E-state index contributed by atoms with van der Waals surface area (Å²) in [5, 5.41) is 3.90. The van der Waals surface area contributed by atoms with Gasteiger partial charge in [-0.3, -0.25) is 18.7 Å². The second-order valence-electron chi connectivity index (χ2n) is 8.44. The SMILES string of the molecule is COc1ccc2c(c1)c1c(c(=O)n(Cc3ccccc3)c(=O)n1CC(=O)Nc1cccc(Cl)c1)n2C. The van der Waals surface area contributed by atoms with Crippen LogP contribution in [0.1, 0.15) is 5.56 Å². The van der Waals surface area contributed by atoms with Crippen LogP contribution in [0.5, 0.6) is 5.75 Å². The van der Waals surface area contributed by atoms with Crippen molar-refractivity contribution in [3.63, 3.8) is 0 Å². The van der Waals surface area contributed by atoms with Gasteiger partial charge in [0.05, 0.1) is 24.7 Å². The number of carbonyl (C=O) groups excluding carboxylic acids is 1. The first-order chi connectivity index (χ1) is 17.4. The Kier molecular flexibility index (Phi) is 6.12. The predicted molar refractivity (Wildman–Crippen MR) is 141 cm³/mol. The van der Waals surface area contributed by atoms with Crippen molar-refractivity contribution in [3.8, 4) is 5.75 Å². The maximum Gasteiger partial charge on any atom is 0.332 e. The molecule has 0 atom stereocenters.